The summed E-state index contributed by atoms with van der Waals surface area (Å²) in [6, 6.07) is 2.77. The topological polar surface area (TPSA) is 116 Å². The second-order valence-corrected chi connectivity index (χ2v) is 8.46. The van der Waals surface area contributed by atoms with Crippen molar-refractivity contribution in [2.45, 2.75) is 17.4 Å². The van der Waals surface area contributed by atoms with Gasteiger partial charge in [-0.1, -0.05) is 0 Å². The maximum absolute atomic E-state index is 14.3. The predicted molar refractivity (Wildman–Crippen MR) is 99.0 cm³/mol. The van der Waals surface area contributed by atoms with Gasteiger partial charge in [-0.05, 0) is 24.6 Å². The Morgan fingerprint density at radius 3 is 2.26 bits per heavy atom. The van der Waals surface area contributed by atoms with Gasteiger partial charge in [0.1, 0.15) is 10.7 Å². The lowest BCUT2D eigenvalue weighted by atomic mass is 10.1. The fourth-order valence-electron chi connectivity index (χ4n) is 2.94. The number of hydrogen-bond donors (Lipinski definition) is 3. The van der Waals surface area contributed by atoms with E-state index in [0.717, 1.165) is 22.5 Å². The molecular weight excluding hydrogens is 446 g/mol. The molecule has 0 spiro atoms. The zero-order valence-corrected chi connectivity index (χ0v) is 16.3. The second-order valence-electron chi connectivity index (χ2n) is 6.60. The van der Waals surface area contributed by atoms with Gasteiger partial charge in [0.15, 0.2) is 17.5 Å². The van der Waals surface area contributed by atoms with Crippen molar-refractivity contribution in [3.05, 3.63) is 59.2 Å². The normalized spacial score (nSPS) is 16.5. The van der Waals surface area contributed by atoms with Crippen LogP contribution in [0.1, 0.15) is 16.8 Å². The Morgan fingerprint density at radius 2 is 1.71 bits per heavy atom. The molecule has 1 fully saturated rings. The van der Waals surface area contributed by atoms with Gasteiger partial charge in [0.05, 0.1) is 0 Å². The summed E-state index contributed by atoms with van der Waals surface area (Å²) in [5.41, 5.74) is -0.775. The van der Waals surface area contributed by atoms with E-state index in [4.69, 9.17) is 5.11 Å². The number of sulfonamides is 1. The van der Waals surface area contributed by atoms with E-state index in [9.17, 15) is 35.6 Å². The SMILES string of the molecule is O=C(O)NCC1CCN1S(=O)(=O)c1cc(C(=O)Nc2cc(F)c(F)c(F)c2)ccc1F. The molecule has 0 aliphatic carbocycles. The molecule has 2 amide bonds. The smallest absolute Gasteiger partial charge is 0.404 e. The van der Waals surface area contributed by atoms with Crippen molar-refractivity contribution in [1.82, 2.24) is 9.62 Å². The van der Waals surface area contributed by atoms with Gasteiger partial charge >= 0.3 is 6.09 Å². The molecule has 0 aromatic heterocycles. The molecule has 1 aliphatic heterocycles. The summed E-state index contributed by atoms with van der Waals surface area (Å²) >= 11 is 0. The highest BCUT2D eigenvalue weighted by Crippen LogP contribution is 2.29. The average Bonchev–Trinajstić information content (AvgIpc) is 2.64. The Hall–Kier alpha value is -3.19. The number of rotatable bonds is 6. The largest absolute Gasteiger partial charge is 0.465 e. The van der Waals surface area contributed by atoms with E-state index in [1.165, 1.54) is 0 Å². The zero-order chi connectivity index (χ0) is 22.9. The van der Waals surface area contributed by atoms with Crippen molar-refractivity contribution in [2.75, 3.05) is 18.4 Å². The monoisotopic (exact) mass is 461 g/mol. The first kappa shape index (κ1) is 22.5. The molecule has 1 saturated heterocycles. The number of carboxylic acid groups (broad SMARTS) is 1. The summed E-state index contributed by atoms with van der Waals surface area (Å²) < 4.78 is 80.4. The van der Waals surface area contributed by atoms with E-state index in [1.54, 1.807) is 0 Å². The fourth-order valence-corrected chi connectivity index (χ4v) is 4.70. The van der Waals surface area contributed by atoms with Crippen LogP contribution in [0.25, 0.3) is 0 Å². The van der Waals surface area contributed by atoms with E-state index >= 15 is 0 Å². The first-order chi connectivity index (χ1) is 14.5. The number of hydrogen-bond acceptors (Lipinski definition) is 4. The molecule has 31 heavy (non-hydrogen) atoms. The van der Waals surface area contributed by atoms with Crippen LogP contribution in [0.5, 0.6) is 0 Å². The van der Waals surface area contributed by atoms with Crippen molar-refractivity contribution < 1.29 is 40.7 Å². The molecule has 3 rings (SSSR count). The Balaban J connectivity index is 1.84. The molecular formula is C18H15F4N3O5S. The minimum atomic E-state index is -4.40. The summed E-state index contributed by atoms with van der Waals surface area (Å²) in [6.45, 7) is -0.170. The number of carbonyl (C=O) groups is 2. The highest BCUT2D eigenvalue weighted by molar-refractivity contribution is 7.89. The molecule has 0 radical (unpaired) electrons. The molecule has 1 aliphatic rings. The molecule has 1 unspecified atom stereocenters. The fraction of sp³-hybridized carbons (Fsp3) is 0.222. The van der Waals surface area contributed by atoms with Crippen LogP contribution < -0.4 is 10.6 Å². The van der Waals surface area contributed by atoms with Crippen LogP contribution in [0.2, 0.25) is 0 Å². The van der Waals surface area contributed by atoms with Gasteiger partial charge in [-0.2, -0.15) is 4.31 Å². The maximum atomic E-state index is 14.3. The minimum absolute atomic E-state index is 0.0261. The number of carbonyl (C=O) groups excluding carboxylic acids is 1. The van der Waals surface area contributed by atoms with Crippen LogP contribution in [0, 0.1) is 23.3 Å². The first-order valence-corrected chi connectivity index (χ1v) is 10.2. The van der Waals surface area contributed by atoms with Gasteiger partial charge in [0, 0.05) is 42.5 Å². The number of anilines is 1. The van der Waals surface area contributed by atoms with Crippen molar-refractivity contribution in [1.29, 1.82) is 0 Å². The lowest BCUT2D eigenvalue weighted by Gasteiger charge is -2.39. The number of halogens is 4. The maximum Gasteiger partial charge on any atom is 0.404 e. The van der Waals surface area contributed by atoms with Crippen LogP contribution in [-0.4, -0.2) is 49.0 Å². The van der Waals surface area contributed by atoms with Crippen LogP contribution in [0.4, 0.5) is 28.0 Å². The molecule has 0 saturated carbocycles. The van der Waals surface area contributed by atoms with Crippen molar-refractivity contribution in [2.24, 2.45) is 0 Å². The summed E-state index contributed by atoms with van der Waals surface area (Å²) in [5.74, 6) is -6.98. The average molecular weight is 461 g/mol. The molecule has 13 heteroatoms. The number of amides is 2. The molecule has 1 heterocycles. The van der Waals surface area contributed by atoms with E-state index in [-0.39, 0.29) is 18.7 Å². The third kappa shape index (κ3) is 4.61. The number of nitrogens with zero attached hydrogens (tertiary/aromatic N) is 1. The molecule has 2 aromatic rings. The summed E-state index contributed by atoms with van der Waals surface area (Å²) in [5, 5.41) is 12.8. The van der Waals surface area contributed by atoms with E-state index < -0.39 is 61.9 Å². The second kappa shape index (κ2) is 8.51. The molecule has 8 nitrogen and oxygen atoms in total. The quantitative estimate of drug-likeness (QED) is 0.452. The minimum Gasteiger partial charge on any atom is -0.465 e. The predicted octanol–water partition coefficient (Wildman–Crippen LogP) is 2.53. The van der Waals surface area contributed by atoms with Crippen molar-refractivity contribution in [3.8, 4) is 0 Å². The Kier molecular flexibility index (Phi) is 6.18. The van der Waals surface area contributed by atoms with Crippen LogP contribution >= 0.6 is 0 Å². The van der Waals surface area contributed by atoms with Gasteiger partial charge in [-0.3, -0.25) is 4.79 Å². The summed E-state index contributed by atoms with van der Waals surface area (Å²) in [4.78, 5) is 22.1. The van der Waals surface area contributed by atoms with Gasteiger partial charge in [0.2, 0.25) is 10.0 Å². The van der Waals surface area contributed by atoms with Crippen LogP contribution in [0.15, 0.2) is 35.2 Å². The lowest BCUT2D eigenvalue weighted by Crippen LogP contribution is -2.55. The Labute approximate surface area is 173 Å². The van der Waals surface area contributed by atoms with Crippen LogP contribution in [-0.2, 0) is 10.0 Å². The van der Waals surface area contributed by atoms with Crippen molar-refractivity contribution >= 4 is 27.7 Å². The Morgan fingerprint density at radius 1 is 1.06 bits per heavy atom. The summed E-state index contributed by atoms with van der Waals surface area (Å²) in [6.07, 6.45) is -0.994. The third-order valence-electron chi connectivity index (χ3n) is 4.60. The molecule has 2 aromatic carbocycles. The standard InChI is InChI=1S/C18H15F4N3O5S/c19-12-2-1-9(17(26)24-10-6-13(20)16(22)14(21)7-10)5-15(12)31(29,30)25-4-3-11(25)8-23-18(27)28/h1-2,5-7,11,23H,3-4,8H2,(H,24,26)(H,27,28). The van der Waals surface area contributed by atoms with Crippen LogP contribution in [0.3, 0.4) is 0 Å². The van der Waals surface area contributed by atoms with Gasteiger partial charge in [-0.25, -0.2) is 30.8 Å². The third-order valence-corrected chi connectivity index (χ3v) is 6.57. The molecule has 166 valence electrons. The van der Waals surface area contributed by atoms with E-state index in [2.05, 4.69) is 10.6 Å². The molecule has 1 atom stereocenters. The lowest BCUT2D eigenvalue weighted by molar-refractivity contribution is 0.102. The van der Waals surface area contributed by atoms with Gasteiger partial charge < -0.3 is 15.7 Å². The van der Waals surface area contributed by atoms with Crippen molar-refractivity contribution in [3.63, 3.8) is 0 Å². The van der Waals surface area contributed by atoms with E-state index in [1.807, 2.05) is 0 Å². The zero-order valence-electron chi connectivity index (χ0n) is 15.5. The molecule has 0 bridgehead atoms. The highest BCUT2D eigenvalue weighted by Gasteiger charge is 2.40. The molecule has 3 N–H and O–H groups in total. The van der Waals surface area contributed by atoms with Gasteiger partial charge in [-0.15, -0.1) is 0 Å². The number of benzene rings is 2. The van der Waals surface area contributed by atoms with Gasteiger partial charge in [0.25, 0.3) is 5.91 Å². The van der Waals surface area contributed by atoms with E-state index in [0.29, 0.717) is 18.6 Å². The Bertz CT molecular complexity index is 1140. The number of nitrogens with one attached hydrogen (secondary N) is 2. The summed E-state index contributed by atoms with van der Waals surface area (Å²) in [7, 11) is -4.40. The first-order valence-electron chi connectivity index (χ1n) is 8.75. The highest BCUT2D eigenvalue weighted by atomic mass is 32.2.